The molecule has 4 rings (SSSR count). The number of benzene rings is 3. The molecule has 0 unspecified atom stereocenters. The summed E-state index contributed by atoms with van der Waals surface area (Å²) >= 11 is 0. The minimum absolute atomic E-state index is 0. The zero-order valence-electron chi connectivity index (χ0n) is 18.4. The maximum Gasteiger partial charge on any atom is 0.132 e. The Morgan fingerprint density at radius 2 is 1.88 bits per heavy atom. The fraction of sp³-hybridized carbons (Fsp3) is 0.269. The Hall–Kier alpha value is -2.62. The van der Waals surface area contributed by atoms with Gasteiger partial charge in [0.1, 0.15) is 11.6 Å². The van der Waals surface area contributed by atoms with Gasteiger partial charge in [-0.25, -0.2) is 4.39 Å². The van der Waals surface area contributed by atoms with E-state index in [1.54, 1.807) is 19.2 Å². The first-order valence-electron chi connectivity index (χ1n) is 10.6. The quantitative estimate of drug-likeness (QED) is 0.485. The number of hydrogen-bond acceptors (Lipinski definition) is 4. The third kappa shape index (κ3) is 6.25. The molecule has 33 heavy (non-hydrogen) atoms. The normalized spacial score (nSPS) is 17.2. The number of halogens is 3. The molecule has 0 aromatic heterocycles. The fourth-order valence-electron chi connectivity index (χ4n) is 4.30. The summed E-state index contributed by atoms with van der Waals surface area (Å²) in [7, 11) is 1.65. The van der Waals surface area contributed by atoms with Gasteiger partial charge in [-0.1, -0.05) is 42.5 Å². The Balaban J connectivity index is 0.00000193. The number of piperidine rings is 1. The van der Waals surface area contributed by atoms with Crippen LogP contribution in [0.15, 0.2) is 66.7 Å². The van der Waals surface area contributed by atoms with Crippen molar-refractivity contribution < 1.29 is 9.13 Å². The van der Waals surface area contributed by atoms with Crippen LogP contribution in [0.25, 0.3) is 11.1 Å². The molecule has 1 fully saturated rings. The van der Waals surface area contributed by atoms with E-state index in [-0.39, 0.29) is 24.8 Å². The summed E-state index contributed by atoms with van der Waals surface area (Å²) < 4.78 is 20.1. The Morgan fingerprint density at radius 3 is 2.58 bits per heavy atom. The van der Waals surface area contributed by atoms with Crippen LogP contribution in [0.1, 0.15) is 29.0 Å². The lowest BCUT2D eigenvalue weighted by Gasteiger charge is -2.33. The Morgan fingerprint density at radius 1 is 1.09 bits per heavy atom. The number of nitrogens with one attached hydrogen (secondary N) is 2. The number of nitriles is 1. The summed E-state index contributed by atoms with van der Waals surface area (Å²) in [6, 6.07) is 23.2. The van der Waals surface area contributed by atoms with Gasteiger partial charge in [-0.2, -0.15) is 5.26 Å². The molecule has 1 aliphatic rings. The van der Waals surface area contributed by atoms with Crippen molar-refractivity contribution in [2.75, 3.05) is 20.2 Å². The maximum absolute atomic E-state index is 14.5. The van der Waals surface area contributed by atoms with Crippen molar-refractivity contribution in [2.24, 2.45) is 0 Å². The fourth-order valence-corrected chi connectivity index (χ4v) is 4.30. The highest BCUT2D eigenvalue weighted by Gasteiger charge is 2.26. The van der Waals surface area contributed by atoms with Gasteiger partial charge in [0.05, 0.1) is 18.7 Å². The lowest BCUT2D eigenvalue weighted by Crippen LogP contribution is -2.45. The second-order valence-electron chi connectivity index (χ2n) is 7.83. The molecule has 4 nitrogen and oxygen atoms in total. The minimum Gasteiger partial charge on any atom is -0.496 e. The van der Waals surface area contributed by atoms with Crippen molar-refractivity contribution in [1.82, 2.24) is 10.6 Å². The highest BCUT2D eigenvalue weighted by Crippen LogP contribution is 2.30. The van der Waals surface area contributed by atoms with E-state index in [2.05, 4.69) is 34.9 Å². The van der Waals surface area contributed by atoms with Gasteiger partial charge in [0.25, 0.3) is 0 Å². The molecule has 3 aromatic rings. The number of hydrogen-bond donors (Lipinski definition) is 2. The summed E-state index contributed by atoms with van der Waals surface area (Å²) in [6.07, 6.45) is 1.03. The maximum atomic E-state index is 14.5. The first-order valence-corrected chi connectivity index (χ1v) is 10.6. The molecule has 2 N–H and O–H groups in total. The van der Waals surface area contributed by atoms with E-state index in [0.29, 0.717) is 29.6 Å². The lowest BCUT2D eigenvalue weighted by atomic mass is 9.86. The molecule has 1 aliphatic heterocycles. The molecule has 0 radical (unpaired) electrons. The van der Waals surface area contributed by atoms with Crippen LogP contribution in [0.3, 0.4) is 0 Å². The monoisotopic (exact) mass is 487 g/mol. The summed E-state index contributed by atoms with van der Waals surface area (Å²) in [5, 5.41) is 16.2. The summed E-state index contributed by atoms with van der Waals surface area (Å²) in [4.78, 5) is 0. The molecule has 0 amide bonds. The third-order valence-corrected chi connectivity index (χ3v) is 5.95. The molecule has 0 spiro atoms. The van der Waals surface area contributed by atoms with Gasteiger partial charge in [-0.05, 0) is 48.4 Å². The van der Waals surface area contributed by atoms with Crippen LogP contribution in [0.2, 0.25) is 0 Å². The van der Waals surface area contributed by atoms with E-state index in [4.69, 9.17) is 10.00 Å². The zero-order chi connectivity index (χ0) is 21.6. The summed E-state index contributed by atoms with van der Waals surface area (Å²) in [5.41, 5.74) is 3.87. The van der Waals surface area contributed by atoms with Crippen molar-refractivity contribution in [3.63, 3.8) is 0 Å². The van der Waals surface area contributed by atoms with Gasteiger partial charge < -0.3 is 15.4 Å². The first kappa shape index (κ1) is 26.6. The third-order valence-electron chi connectivity index (χ3n) is 5.95. The van der Waals surface area contributed by atoms with Crippen LogP contribution in [-0.2, 0) is 6.54 Å². The van der Waals surface area contributed by atoms with Gasteiger partial charge in [0, 0.05) is 36.2 Å². The molecule has 7 heteroatoms. The second-order valence-corrected chi connectivity index (χ2v) is 7.83. The molecule has 0 saturated carbocycles. The largest absolute Gasteiger partial charge is 0.496 e. The minimum atomic E-state index is -0.398. The van der Waals surface area contributed by atoms with Crippen molar-refractivity contribution in [2.45, 2.75) is 24.9 Å². The molecule has 1 heterocycles. The van der Waals surface area contributed by atoms with Gasteiger partial charge >= 0.3 is 0 Å². The Labute approximate surface area is 207 Å². The van der Waals surface area contributed by atoms with E-state index in [1.165, 1.54) is 11.6 Å². The molecule has 174 valence electrons. The molecular formula is C26H28Cl2FN3O. The second kappa shape index (κ2) is 12.6. The zero-order valence-corrected chi connectivity index (χ0v) is 20.0. The summed E-state index contributed by atoms with van der Waals surface area (Å²) in [5.74, 6) is 0.765. The molecule has 2 atom stereocenters. The molecule has 1 saturated heterocycles. The number of rotatable bonds is 6. The Bertz CT molecular complexity index is 1090. The SMILES string of the molecule is COc1ccc(-c2ccc(C#N)cc2F)cc1CN[C@H]1CCNC[C@H]1c1ccccc1.Cl.Cl. The van der Waals surface area contributed by atoms with Gasteiger partial charge in [-0.15, -0.1) is 24.8 Å². The number of nitrogens with zero attached hydrogens (tertiary/aromatic N) is 1. The predicted octanol–water partition coefficient (Wildman–Crippen LogP) is 5.45. The van der Waals surface area contributed by atoms with Crippen molar-refractivity contribution in [3.05, 3.63) is 89.2 Å². The molecular weight excluding hydrogens is 460 g/mol. The van der Waals surface area contributed by atoms with Gasteiger partial charge in [0.15, 0.2) is 0 Å². The van der Waals surface area contributed by atoms with E-state index in [1.807, 2.05) is 30.3 Å². The summed E-state index contributed by atoms with van der Waals surface area (Å²) in [6.45, 7) is 2.55. The van der Waals surface area contributed by atoms with Crippen molar-refractivity contribution in [1.29, 1.82) is 5.26 Å². The van der Waals surface area contributed by atoms with Gasteiger partial charge in [0.2, 0.25) is 0 Å². The predicted molar refractivity (Wildman–Crippen MR) is 135 cm³/mol. The first-order chi connectivity index (χ1) is 15.2. The van der Waals surface area contributed by atoms with Crippen LogP contribution >= 0.6 is 24.8 Å². The topological polar surface area (TPSA) is 57.1 Å². The van der Waals surface area contributed by atoms with E-state index >= 15 is 0 Å². The van der Waals surface area contributed by atoms with Crippen LogP contribution in [-0.4, -0.2) is 26.2 Å². The van der Waals surface area contributed by atoms with Gasteiger partial charge in [-0.3, -0.25) is 0 Å². The molecule has 0 aliphatic carbocycles. The van der Waals surface area contributed by atoms with Crippen molar-refractivity contribution in [3.8, 4) is 22.9 Å². The van der Waals surface area contributed by atoms with Crippen LogP contribution < -0.4 is 15.4 Å². The molecule has 3 aromatic carbocycles. The number of ether oxygens (including phenoxy) is 1. The Kier molecular flexibility index (Phi) is 10.1. The standard InChI is InChI=1S/C26H26FN3O.2ClH/c1-31-26-10-8-20(22-9-7-18(15-28)13-24(22)27)14-21(26)16-30-25-11-12-29-17-23(25)19-5-3-2-4-6-19;;/h2-10,13-14,23,25,29-30H,11-12,16-17H2,1H3;2*1H/t23-,25-;;/m0../s1. The highest BCUT2D eigenvalue weighted by molar-refractivity contribution is 5.85. The van der Waals surface area contributed by atoms with Crippen molar-refractivity contribution >= 4 is 24.8 Å². The highest BCUT2D eigenvalue weighted by atomic mass is 35.5. The smallest absolute Gasteiger partial charge is 0.132 e. The number of methoxy groups -OCH3 is 1. The van der Waals surface area contributed by atoms with Crippen LogP contribution in [0, 0.1) is 17.1 Å². The van der Waals surface area contributed by atoms with E-state index in [0.717, 1.165) is 36.4 Å². The van der Waals surface area contributed by atoms with Crippen LogP contribution in [0.4, 0.5) is 4.39 Å². The molecule has 0 bridgehead atoms. The van der Waals surface area contributed by atoms with Crippen LogP contribution in [0.5, 0.6) is 5.75 Å². The average molecular weight is 488 g/mol. The average Bonchev–Trinajstić information content (AvgIpc) is 2.83. The van der Waals surface area contributed by atoms with E-state index in [9.17, 15) is 4.39 Å². The lowest BCUT2D eigenvalue weighted by molar-refractivity contribution is 0.337. The van der Waals surface area contributed by atoms with E-state index < -0.39 is 5.82 Å².